The molecule has 1 aromatic rings. The third-order valence-corrected chi connectivity index (χ3v) is 3.83. The average Bonchev–Trinajstić information content (AvgIpc) is 2.38. The van der Waals surface area contributed by atoms with Crippen LogP contribution in [0.4, 0.5) is 36.4 Å². The van der Waals surface area contributed by atoms with Gasteiger partial charge in [0.05, 0.1) is 17.9 Å². The van der Waals surface area contributed by atoms with E-state index >= 15 is 0 Å². The largest absolute Gasteiger partial charge is 0.429 e. The minimum atomic E-state index is -4.99. The topological polar surface area (TPSA) is 53.0 Å². The minimum Gasteiger partial charge on any atom is -0.323 e. The summed E-state index contributed by atoms with van der Waals surface area (Å²) in [4.78, 5) is 11.5. The Morgan fingerprint density at radius 3 is 2.29 bits per heavy atom. The fourth-order valence-corrected chi connectivity index (χ4v) is 2.33. The van der Waals surface area contributed by atoms with E-state index in [0.717, 1.165) is 12.1 Å². The fourth-order valence-electron chi connectivity index (χ4n) is 1.52. The molecule has 0 aromatic heterocycles. The van der Waals surface area contributed by atoms with Crippen molar-refractivity contribution < 1.29 is 35.5 Å². The Morgan fingerprint density at radius 1 is 1.21 bits per heavy atom. The van der Waals surface area contributed by atoms with E-state index in [4.69, 9.17) is 5.41 Å². The van der Waals surface area contributed by atoms with Crippen LogP contribution in [-0.2, 0) is 4.79 Å². The van der Waals surface area contributed by atoms with E-state index < -0.39 is 47.6 Å². The third-order valence-electron chi connectivity index (χ3n) is 2.61. The van der Waals surface area contributed by atoms with Gasteiger partial charge in [0.2, 0.25) is 5.91 Å². The molecule has 3 nitrogen and oxygen atoms in total. The molecule has 0 radical (unpaired) electrons. The van der Waals surface area contributed by atoms with Crippen molar-refractivity contribution in [2.45, 2.75) is 30.6 Å². The van der Waals surface area contributed by atoms with Gasteiger partial charge < -0.3 is 10.7 Å². The molecule has 1 rings (SSSR count). The second-order valence-corrected chi connectivity index (χ2v) is 5.72. The molecule has 11 heteroatoms. The van der Waals surface area contributed by atoms with Crippen LogP contribution in [0.2, 0.25) is 0 Å². The van der Waals surface area contributed by atoms with Crippen LogP contribution >= 0.6 is 11.8 Å². The van der Waals surface area contributed by atoms with Gasteiger partial charge in [0.25, 0.3) is 0 Å². The molecule has 0 unspecified atom stereocenters. The van der Waals surface area contributed by atoms with Gasteiger partial charge in [-0.1, -0.05) is 0 Å². The number of hydrogen-bond acceptors (Lipinski definition) is 3. The van der Waals surface area contributed by atoms with Crippen molar-refractivity contribution in [3.05, 3.63) is 23.5 Å². The Kier molecular flexibility index (Phi) is 6.26. The number of hydrogen-bond donors (Lipinski definition) is 2. The van der Waals surface area contributed by atoms with Crippen LogP contribution in [0.1, 0.15) is 12.0 Å². The van der Waals surface area contributed by atoms with Gasteiger partial charge in [-0.15, -0.1) is 11.8 Å². The molecule has 0 bridgehead atoms. The summed E-state index contributed by atoms with van der Waals surface area (Å²) in [7, 11) is 0. The maximum absolute atomic E-state index is 13.7. The number of halogens is 7. The molecule has 0 saturated heterocycles. The maximum Gasteiger partial charge on any atom is 0.429 e. The molecule has 0 heterocycles. The van der Waals surface area contributed by atoms with E-state index in [-0.39, 0.29) is 10.5 Å². The zero-order chi connectivity index (χ0) is 18.7. The highest BCUT2D eigenvalue weighted by Crippen LogP contribution is 2.32. The minimum absolute atomic E-state index is 0.0231. The Bertz CT molecular complexity index is 640. The summed E-state index contributed by atoms with van der Waals surface area (Å²) >= 11 is 0.357. The molecule has 0 aliphatic heterocycles. The summed E-state index contributed by atoms with van der Waals surface area (Å²) in [6, 6.07) is 1.78. The summed E-state index contributed by atoms with van der Waals surface area (Å²) in [5.41, 5.74) is -2.19. The van der Waals surface area contributed by atoms with Crippen molar-refractivity contribution in [1.29, 1.82) is 5.41 Å². The molecule has 134 valence electrons. The molecule has 0 spiro atoms. The number of aryl methyl sites for hydroxylation is 1. The van der Waals surface area contributed by atoms with Crippen LogP contribution in [0.15, 0.2) is 17.0 Å². The number of carbonyl (C=O) groups is 1. The summed E-state index contributed by atoms with van der Waals surface area (Å²) in [5.74, 6) is -3.55. The van der Waals surface area contributed by atoms with Crippen LogP contribution < -0.4 is 5.32 Å². The van der Waals surface area contributed by atoms with Gasteiger partial charge in [0, 0.05) is 4.90 Å². The van der Waals surface area contributed by atoms with E-state index in [1.807, 2.05) is 5.32 Å². The smallest absolute Gasteiger partial charge is 0.323 e. The SMILES string of the molecule is Cc1cc(F)c(NC(=O)CC(=N)C(F)(F)F)cc1SCC(F)(F)F. The Hall–Kier alpha value is -1.78. The van der Waals surface area contributed by atoms with Gasteiger partial charge in [-0.05, 0) is 24.6 Å². The quantitative estimate of drug-likeness (QED) is 0.445. The number of benzene rings is 1. The molecule has 0 atom stereocenters. The first-order chi connectivity index (χ1) is 10.8. The first-order valence-electron chi connectivity index (χ1n) is 6.24. The zero-order valence-corrected chi connectivity index (χ0v) is 12.8. The summed E-state index contributed by atoms with van der Waals surface area (Å²) < 4.78 is 86.9. The summed E-state index contributed by atoms with van der Waals surface area (Å²) in [6.07, 6.45) is -10.8. The molecule has 0 aliphatic rings. The predicted octanol–water partition coefficient (Wildman–Crippen LogP) is 4.70. The van der Waals surface area contributed by atoms with Crippen molar-refractivity contribution >= 4 is 29.1 Å². The number of anilines is 1. The average molecular weight is 376 g/mol. The number of nitrogens with one attached hydrogen (secondary N) is 2. The zero-order valence-electron chi connectivity index (χ0n) is 12.0. The van der Waals surface area contributed by atoms with Gasteiger partial charge in [0.1, 0.15) is 11.5 Å². The molecule has 0 fully saturated rings. The first-order valence-corrected chi connectivity index (χ1v) is 7.22. The number of alkyl halides is 6. The van der Waals surface area contributed by atoms with E-state index in [1.165, 1.54) is 6.92 Å². The van der Waals surface area contributed by atoms with Crippen LogP contribution in [0, 0.1) is 18.2 Å². The fraction of sp³-hybridized carbons (Fsp3) is 0.385. The number of thioether (sulfide) groups is 1. The highest BCUT2D eigenvalue weighted by Gasteiger charge is 2.35. The van der Waals surface area contributed by atoms with Gasteiger partial charge >= 0.3 is 12.4 Å². The molecular weight excluding hydrogens is 365 g/mol. The Morgan fingerprint density at radius 2 is 1.79 bits per heavy atom. The van der Waals surface area contributed by atoms with Crippen LogP contribution in [-0.4, -0.2) is 29.7 Å². The second-order valence-electron chi connectivity index (χ2n) is 4.70. The molecular formula is C13H11F7N2OS. The van der Waals surface area contributed by atoms with E-state index in [2.05, 4.69) is 0 Å². The predicted molar refractivity (Wildman–Crippen MR) is 74.9 cm³/mol. The highest BCUT2D eigenvalue weighted by molar-refractivity contribution is 7.99. The lowest BCUT2D eigenvalue weighted by molar-refractivity contribution is -0.116. The lowest BCUT2D eigenvalue weighted by Gasteiger charge is -2.13. The molecule has 1 aromatic carbocycles. The van der Waals surface area contributed by atoms with Gasteiger partial charge in [-0.2, -0.15) is 26.3 Å². The van der Waals surface area contributed by atoms with Crippen LogP contribution in [0.5, 0.6) is 0 Å². The molecule has 24 heavy (non-hydrogen) atoms. The van der Waals surface area contributed by atoms with Gasteiger partial charge in [0.15, 0.2) is 0 Å². The lowest BCUT2D eigenvalue weighted by atomic mass is 10.2. The molecule has 0 saturated carbocycles. The van der Waals surface area contributed by atoms with Crippen molar-refractivity contribution in [2.24, 2.45) is 0 Å². The van der Waals surface area contributed by atoms with Gasteiger partial charge in [-0.3, -0.25) is 4.79 Å². The summed E-state index contributed by atoms with van der Waals surface area (Å²) in [6.45, 7) is 1.35. The van der Waals surface area contributed by atoms with Crippen LogP contribution in [0.25, 0.3) is 0 Å². The Balaban J connectivity index is 2.88. The lowest BCUT2D eigenvalue weighted by Crippen LogP contribution is -2.27. The number of amides is 1. The van der Waals surface area contributed by atoms with Crippen molar-refractivity contribution in [3.63, 3.8) is 0 Å². The third kappa shape index (κ3) is 6.38. The monoisotopic (exact) mass is 376 g/mol. The summed E-state index contributed by atoms with van der Waals surface area (Å²) in [5, 5.41) is 8.52. The second kappa shape index (κ2) is 7.41. The highest BCUT2D eigenvalue weighted by atomic mass is 32.2. The van der Waals surface area contributed by atoms with Crippen molar-refractivity contribution in [1.82, 2.24) is 0 Å². The molecule has 2 N–H and O–H groups in total. The molecule has 0 aliphatic carbocycles. The Labute approximate surface area is 136 Å². The van der Waals surface area contributed by atoms with Crippen LogP contribution in [0.3, 0.4) is 0 Å². The van der Waals surface area contributed by atoms with Crippen molar-refractivity contribution in [3.8, 4) is 0 Å². The normalized spacial score (nSPS) is 12.2. The van der Waals surface area contributed by atoms with Crippen molar-refractivity contribution in [2.75, 3.05) is 11.1 Å². The molecule has 1 amide bonds. The standard InChI is InChI=1S/C13H11F7N2OS/c1-6-2-7(14)8(3-9(6)24-5-12(15,16)17)22-11(23)4-10(21)13(18,19)20/h2-3,21H,4-5H2,1H3,(H,22,23). The van der Waals surface area contributed by atoms with E-state index in [1.54, 1.807) is 0 Å². The van der Waals surface area contributed by atoms with E-state index in [0.29, 0.717) is 11.8 Å². The van der Waals surface area contributed by atoms with Gasteiger partial charge in [-0.25, -0.2) is 4.39 Å². The maximum atomic E-state index is 13.7. The number of rotatable bonds is 5. The number of carbonyl (C=O) groups excluding carboxylic acids is 1. The van der Waals surface area contributed by atoms with E-state index in [9.17, 15) is 35.5 Å². The first kappa shape index (κ1) is 20.3.